The molecule has 1 atom stereocenters. The number of halogens is 3. The van der Waals surface area contributed by atoms with Gasteiger partial charge in [0.1, 0.15) is 12.5 Å². The molecule has 0 amide bonds. The monoisotopic (exact) mass is 243 g/mol. The molecule has 0 aromatic carbocycles. The molecule has 6 heteroatoms. The van der Waals surface area contributed by atoms with Gasteiger partial charge in [0.25, 0.3) is 3.92 Å². The summed E-state index contributed by atoms with van der Waals surface area (Å²) in [6.45, 7) is 4.22. The lowest BCUT2D eigenvalue weighted by Crippen LogP contribution is -2.44. The molecule has 3 nitrogen and oxygen atoms in total. The van der Waals surface area contributed by atoms with Gasteiger partial charge in [-0.3, -0.25) is 10.3 Å². The Labute approximate surface area is 93.0 Å². The molecule has 1 unspecified atom stereocenters. The SMILES string of the molecule is CC(C)CC1NN=CN1C(Cl)(Cl)Cl. The number of alkyl halides is 3. The second-order valence-corrected chi connectivity index (χ2v) is 5.62. The van der Waals surface area contributed by atoms with Gasteiger partial charge in [-0.25, -0.2) is 0 Å². The van der Waals surface area contributed by atoms with Crippen LogP contribution in [-0.4, -0.2) is 21.3 Å². The first kappa shape index (κ1) is 11.2. The Morgan fingerprint density at radius 2 is 2.15 bits per heavy atom. The first-order valence-electron chi connectivity index (χ1n) is 4.05. The van der Waals surface area contributed by atoms with Gasteiger partial charge < -0.3 is 0 Å². The van der Waals surface area contributed by atoms with E-state index < -0.39 is 3.92 Å². The molecule has 0 fully saturated rings. The van der Waals surface area contributed by atoms with Crippen LogP contribution in [0.15, 0.2) is 5.10 Å². The largest absolute Gasteiger partial charge is 0.295 e. The smallest absolute Gasteiger partial charge is 0.270 e. The highest BCUT2D eigenvalue weighted by atomic mass is 35.6. The molecular weight excluding hydrogens is 232 g/mol. The van der Waals surface area contributed by atoms with Gasteiger partial charge in [-0.05, 0) is 12.3 Å². The van der Waals surface area contributed by atoms with Crippen molar-refractivity contribution in [1.82, 2.24) is 10.3 Å². The molecule has 0 spiro atoms. The summed E-state index contributed by atoms with van der Waals surface area (Å²) in [5, 5.41) is 3.86. The van der Waals surface area contributed by atoms with Crippen LogP contribution in [0.25, 0.3) is 0 Å². The van der Waals surface area contributed by atoms with Crippen LogP contribution < -0.4 is 5.43 Å². The van der Waals surface area contributed by atoms with Crippen molar-refractivity contribution in [3.05, 3.63) is 0 Å². The predicted octanol–water partition coefficient (Wildman–Crippen LogP) is 2.53. The number of hydrazone groups is 1. The maximum Gasteiger partial charge on any atom is 0.270 e. The van der Waals surface area contributed by atoms with Crippen LogP contribution in [0.4, 0.5) is 0 Å². The molecule has 76 valence electrons. The van der Waals surface area contributed by atoms with Gasteiger partial charge in [0.15, 0.2) is 0 Å². The fourth-order valence-electron chi connectivity index (χ4n) is 1.18. The molecule has 0 aromatic rings. The fourth-order valence-corrected chi connectivity index (χ4v) is 1.66. The van der Waals surface area contributed by atoms with Crippen molar-refractivity contribution in [2.45, 2.75) is 30.4 Å². The quantitative estimate of drug-likeness (QED) is 0.597. The Morgan fingerprint density at radius 1 is 1.54 bits per heavy atom. The van der Waals surface area contributed by atoms with E-state index in [-0.39, 0.29) is 6.17 Å². The van der Waals surface area contributed by atoms with Gasteiger partial charge in [-0.1, -0.05) is 48.7 Å². The Hall–Kier alpha value is 0.140. The number of hydrogen-bond acceptors (Lipinski definition) is 3. The third-order valence-corrected chi connectivity index (χ3v) is 2.31. The standard InChI is InChI=1S/C7H12Cl3N3/c1-5(2)3-6-12-11-4-13(6)7(8,9)10/h4-6,12H,3H2,1-2H3. The lowest BCUT2D eigenvalue weighted by atomic mass is 10.1. The molecule has 0 saturated heterocycles. The van der Waals surface area contributed by atoms with E-state index in [4.69, 9.17) is 34.8 Å². The van der Waals surface area contributed by atoms with Crippen molar-refractivity contribution in [3.63, 3.8) is 0 Å². The van der Waals surface area contributed by atoms with E-state index in [1.165, 1.54) is 6.34 Å². The molecule has 0 radical (unpaired) electrons. The molecule has 1 rings (SSSR count). The lowest BCUT2D eigenvalue weighted by molar-refractivity contribution is 0.264. The summed E-state index contributed by atoms with van der Waals surface area (Å²) in [6.07, 6.45) is 2.38. The third-order valence-electron chi connectivity index (χ3n) is 1.73. The highest BCUT2D eigenvalue weighted by Gasteiger charge is 2.36. The van der Waals surface area contributed by atoms with Crippen LogP contribution in [0.2, 0.25) is 0 Å². The van der Waals surface area contributed by atoms with Crippen LogP contribution in [-0.2, 0) is 0 Å². The minimum Gasteiger partial charge on any atom is -0.295 e. The first-order valence-corrected chi connectivity index (χ1v) is 5.18. The zero-order valence-electron chi connectivity index (χ0n) is 7.47. The minimum absolute atomic E-state index is 0.0208. The van der Waals surface area contributed by atoms with Crippen LogP contribution >= 0.6 is 34.8 Å². The summed E-state index contributed by atoms with van der Waals surface area (Å²) in [7, 11) is 0. The van der Waals surface area contributed by atoms with Crippen molar-refractivity contribution in [2.75, 3.05) is 0 Å². The van der Waals surface area contributed by atoms with E-state index in [0.717, 1.165) is 6.42 Å². The predicted molar refractivity (Wildman–Crippen MR) is 57.0 cm³/mol. The van der Waals surface area contributed by atoms with Crippen molar-refractivity contribution in [3.8, 4) is 0 Å². The summed E-state index contributed by atoms with van der Waals surface area (Å²) in [6, 6.07) is 0. The van der Waals surface area contributed by atoms with E-state index >= 15 is 0 Å². The fraction of sp³-hybridized carbons (Fsp3) is 0.857. The van der Waals surface area contributed by atoms with Crippen molar-refractivity contribution >= 4 is 41.1 Å². The molecule has 0 aliphatic carbocycles. The zero-order valence-corrected chi connectivity index (χ0v) is 9.74. The molecule has 1 N–H and O–H groups in total. The summed E-state index contributed by atoms with van der Waals surface area (Å²) >= 11 is 17.2. The maximum absolute atomic E-state index is 5.74. The van der Waals surface area contributed by atoms with Gasteiger partial charge in [0, 0.05) is 0 Å². The van der Waals surface area contributed by atoms with Crippen molar-refractivity contribution < 1.29 is 0 Å². The minimum atomic E-state index is -1.42. The molecular formula is C7H12Cl3N3. The molecule has 1 aliphatic heterocycles. The summed E-state index contributed by atoms with van der Waals surface area (Å²) in [5.41, 5.74) is 2.89. The molecule has 0 aromatic heterocycles. The van der Waals surface area contributed by atoms with Gasteiger partial charge in [0.2, 0.25) is 0 Å². The maximum atomic E-state index is 5.74. The highest BCUT2D eigenvalue weighted by molar-refractivity contribution is 6.67. The third kappa shape index (κ3) is 3.08. The van der Waals surface area contributed by atoms with E-state index in [1.807, 2.05) is 0 Å². The van der Waals surface area contributed by atoms with Crippen molar-refractivity contribution in [1.29, 1.82) is 0 Å². The zero-order chi connectivity index (χ0) is 10.1. The second-order valence-electron chi connectivity index (χ2n) is 3.39. The molecule has 13 heavy (non-hydrogen) atoms. The summed E-state index contributed by atoms with van der Waals surface area (Å²) < 4.78 is -1.42. The van der Waals surface area contributed by atoms with Gasteiger partial charge in [-0.2, -0.15) is 5.10 Å². The lowest BCUT2D eigenvalue weighted by Gasteiger charge is -2.30. The van der Waals surface area contributed by atoms with Crippen LogP contribution in [0.3, 0.4) is 0 Å². The second kappa shape index (κ2) is 4.11. The molecule has 0 saturated carbocycles. The normalized spacial score (nSPS) is 22.6. The van der Waals surface area contributed by atoms with Crippen LogP contribution in [0.1, 0.15) is 20.3 Å². The Kier molecular flexibility index (Phi) is 3.55. The molecule has 0 bridgehead atoms. The first-order chi connectivity index (χ1) is 5.91. The van der Waals surface area contributed by atoms with E-state index in [2.05, 4.69) is 24.4 Å². The Morgan fingerprint density at radius 3 is 2.62 bits per heavy atom. The highest BCUT2D eigenvalue weighted by Crippen LogP contribution is 2.33. The summed E-state index contributed by atoms with van der Waals surface area (Å²) in [5.74, 6) is 0.522. The van der Waals surface area contributed by atoms with Crippen LogP contribution in [0.5, 0.6) is 0 Å². The van der Waals surface area contributed by atoms with Gasteiger partial charge >= 0.3 is 0 Å². The van der Waals surface area contributed by atoms with Gasteiger partial charge in [0.05, 0.1) is 0 Å². The van der Waals surface area contributed by atoms with Gasteiger partial charge in [-0.15, -0.1) is 0 Å². The molecule has 1 heterocycles. The number of nitrogens with one attached hydrogen (secondary N) is 1. The topological polar surface area (TPSA) is 27.6 Å². The summed E-state index contributed by atoms with van der Waals surface area (Å²) in [4.78, 5) is 1.58. The number of rotatable bonds is 2. The van der Waals surface area contributed by atoms with E-state index in [9.17, 15) is 0 Å². The van der Waals surface area contributed by atoms with E-state index in [1.54, 1.807) is 4.90 Å². The Balaban J connectivity index is 2.58. The number of hydrogen-bond donors (Lipinski definition) is 1. The Bertz CT molecular complexity index is 200. The average Bonchev–Trinajstić information content (AvgIpc) is 2.31. The number of nitrogens with zero attached hydrogens (tertiary/aromatic N) is 2. The molecule has 1 aliphatic rings. The van der Waals surface area contributed by atoms with E-state index in [0.29, 0.717) is 5.92 Å². The van der Waals surface area contributed by atoms with Crippen molar-refractivity contribution in [2.24, 2.45) is 11.0 Å². The van der Waals surface area contributed by atoms with Crippen LogP contribution in [0, 0.1) is 5.92 Å². The average molecular weight is 245 g/mol.